The molecule has 2 aliphatic rings. The molecule has 0 bridgehead atoms. The molecule has 1 N–H and O–H groups in total. The van der Waals surface area contributed by atoms with Gasteiger partial charge in [0.25, 0.3) is 0 Å². The quantitative estimate of drug-likeness (QED) is 0.831. The molecule has 2 atom stereocenters. The lowest BCUT2D eigenvalue weighted by atomic mass is 9.93. The van der Waals surface area contributed by atoms with Gasteiger partial charge in [0, 0.05) is 51.4 Å². The number of piperazine rings is 1. The monoisotopic (exact) mass is 355 g/mol. The molecule has 0 aliphatic carbocycles. The van der Waals surface area contributed by atoms with Crippen molar-refractivity contribution in [2.24, 2.45) is 5.92 Å². The third kappa shape index (κ3) is 5.57. The van der Waals surface area contributed by atoms with Gasteiger partial charge in [0.1, 0.15) is 5.60 Å². The van der Waals surface area contributed by atoms with E-state index in [9.17, 15) is 14.7 Å². The van der Waals surface area contributed by atoms with Crippen LogP contribution in [-0.4, -0.2) is 88.8 Å². The first kappa shape index (κ1) is 20.0. The molecule has 2 rings (SSSR count). The largest absolute Gasteiger partial charge is 0.481 e. The Kier molecular flexibility index (Phi) is 6.32. The molecule has 1 amide bonds. The van der Waals surface area contributed by atoms with E-state index >= 15 is 0 Å². The van der Waals surface area contributed by atoms with Crippen LogP contribution in [-0.2, 0) is 9.53 Å². The van der Waals surface area contributed by atoms with Crippen LogP contribution >= 0.6 is 0 Å². The molecule has 0 unspecified atom stereocenters. The SMILES string of the molecule is CC(C)N1CCN([C@H]2C[C@H](C(=O)O)CN(C(=O)OC(C)(C)C)C2)CC1. The van der Waals surface area contributed by atoms with Gasteiger partial charge < -0.3 is 14.7 Å². The summed E-state index contributed by atoms with van der Waals surface area (Å²) in [4.78, 5) is 30.4. The number of carboxylic acid groups (broad SMARTS) is 1. The molecular formula is C18H33N3O4. The zero-order valence-electron chi connectivity index (χ0n) is 16.2. The van der Waals surface area contributed by atoms with E-state index in [0.717, 1.165) is 26.2 Å². The molecule has 7 heteroatoms. The first-order chi connectivity index (χ1) is 11.6. The van der Waals surface area contributed by atoms with Gasteiger partial charge in [-0.25, -0.2) is 4.79 Å². The molecule has 0 aromatic carbocycles. The summed E-state index contributed by atoms with van der Waals surface area (Å²) in [6.45, 7) is 14.4. The molecule has 0 aromatic rings. The molecule has 0 radical (unpaired) electrons. The number of piperidine rings is 1. The van der Waals surface area contributed by atoms with Crippen LogP contribution in [0, 0.1) is 5.92 Å². The second-order valence-corrected chi connectivity index (χ2v) is 8.48. The van der Waals surface area contributed by atoms with Crippen LogP contribution < -0.4 is 0 Å². The molecule has 2 fully saturated rings. The number of nitrogens with zero attached hydrogens (tertiary/aromatic N) is 3. The maximum Gasteiger partial charge on any atom is 0.410 e. The van der Waals surface area contributed by atoms with Crippen molar-refractivity contribution >= 4 is 12.1 Å². The van der Waals surface area contributed by atoms with E-state index in [1.807, 2.05) is 20.8 Å². The second-order valence-electron chi connectivity index (χ2n) is 8.48. The standard InChI is InChI=1S/C18H33N3O4/c1-13(2)19-6-8-20(9-7-19)15-10-14(16(22)23)11-21(12-15)17(24)25-18(3,4)5/h13-15H,6-12H2,1-5H3,(H,22,23)/t14-,15-/m0/s1. The Morgan fingerprint density at radius 2 is 1.68 bits per heavy atom. The predicted molar refractivity (Wildman–Crippen MR) is 95.6 cm³/mol. The lowest BCUT2D eigenvalue weighted by Gasteiger charge is -2.45. The lowest BCUT2D eigenvalue weighted by Crippen LogP contribution is -2.59. The van der Waals surface area contributed by atoms with E-state index < -0.39 is 23.6 Å². The van der Waals surface area contributed by atoms with Gasteiger partial charge in [0.05, 0.1) is 5.92 Å². The Labute approximate surface area is 150 Å². The van der Waals surface area contributed by atoms with Gasteiger partial charge in [-0.1, -0.05) is 0 Å². The van der Waals surface area contributed by atoms with Gasteiger partial charge in [-0.2, -0.15) is 0 Å². The average molecular weight is 355 g/mol. The molecule has 2 heterocycles. The van der Waals surface area contributed by atoms with Crippen LogP contribution in [0.4, 0.5) is 4.79 Å². The third-order valence-corrected chi connectivity index (χ3v) is 5.02. The molecule has 0 saturated carbocycles. The minimum absolute atomic E-state index is 0.0803. The number of amides is 1. The van der Waals surface area contributed by atoms with Crippen molar-refractivity contribution in [3.8, 4) is 0 Å². The van der Waals surface area contributed by atoms with Gasteiger partial charge >= 0.3 is 12.1 Å². The number of hydrogen-bond donors (Lipinski definition) is 1. The Hall–Kier alpha value is -1.34. The number of carboxylic acids is 1. The number of aliphatic carboxylic acids is 1. The van der Waals surface area contributed by atoms with E-state index in [2.05, 4.69) is 23.6 Å². The van der Waals surface area contributed by atoms with Crippen molar-refractivity contribution in [2.45, 2.75) is 58.7 Å². The summed E-state index contributed by atoms with van der Waals surface area (Å²) in [6.07, 6.45) is 0.181. The minimum Gasteiger partial charge on any atom is -0.481 e. The van der Waals surface area contributed by atoms with E-state index in [-0.39, 0.29) is 12.6 Å². The fraction of sp³-hybridized carbons (Fsp3) is 0.889. The molecule has 0 aromatic heterocycles. The predicted octanol–water partition coefficient (Wildman–Crippen LogP) is 1.72. The highest BCUT2D eigenvalue weighted by molar-refractivity contribution is 5.73. The van der Waals surface area contributed by atoms with E-state index in [0.29, 0.717) is 19.0 Å². The van der Waals surface area contributed by atoms with Crippen LogP contribution in [0.25, 0.3) is 0 Å². The molecular weight excluding hydrogens is 322 g/mol. The fourth-order valence-electron chi connectivity index (χ4n) is 3.61. The highest BCUT2D eigenvalue weighted by Crippen LogP contribution is 2.24. The molecule has 2 aliphatic heterocycles. The molecule has 2 saturated heterocycles. The maximum atomic E-state index is 12.4. The Morgan fingerprint density at radius 3 is 2.16 bits per heavy atom. The topological polar surface area (TPSA) is 73.3 Å². The Balaban J connectivity index is 2.02. The molecule has 144 valence electrons. The van der Waals surface area contributed by atoms with Gasteiger partial charge in [0.2, 0.25) is 0 Å². The van der Waals surface area contributed by atoms with Crippen molar-refractivity contribution in [1.29, 1.82) is 0 Å². The van der Waals surface area contributed by atoms with Crippen LogP contribution in [0.1, 0.15) is 41.0 Å². The maximum absolute atomic E-state index is 12.4. The number of carbonyl (C=O) groups excluding carboxylic acids is 1. The van der Waals surface area contributed by atoms with Gasteiger partial charge in [-0.05, 0) is 41.0 Å². The summed E-state index contributed by atoms with van der Waals surface area (Å²) in [5.41, 5.74) is -0.578. The van der Waals surface area contributed by atoms with Gasteiger partial charge in [-0.15, -0.1) is 0 Å². The van der Waals surface area contributed by atoms with Crippen LogP contribution in [0.15, 0.2) is 0 Å². The Morgan fingerprint density at radius 1 is 1.08 bits per heavy atom. The molecule has 25 heavy (non-hydrogen) atoms. The summed E-state index contributed by atoms with van der Waals surface area (Å²) in [5.74, 6) is -1.37. The van der Waals surface area contributed by atoms with E-state index in [4.69, 9.17) is 4.74 Å². The fourth-order valence-corrected chi connectivity index (χ4v) is 3.61. The second kappa shape index (κ2) is 7.91. The summed E-state index contributed by atoms with van der Waals surface area (Å²) in [6, 6.07) is 0.607. The summed E-state index contributed by atoms with van der Waals surface area (Å²) in [5, 5.41) is 9.50. The summed E-state index contributed by atoms with van der Waals surface area (Å²) in [7, 11) is 0. The van der Waals surface area contributed by atoms with Crippen molar-refractivity contribution in [3.05, 3.63) is 0 Å². The minimum atomic E-state index is -0.834. The van der Waals surface area contributed by atoms with Crippen molar-refractivity contribution in [1.82, 2.24) is 14.7 Å². The number of likely N-dealkylation sites (tertiary alicyclic amines) is 1. The zero-order chi connectivity index (χ0) is 18.8. The van der Waals surface area contributed by atoms with E-state index in [1.165, 1.54) is 0 Å². The number of hydrogen-bond acceptors (Lipinski definition) is 5. The van der Waals surface area contributed by atoms with Crippen LogP contribution in [0.3, 0.4) is 0 Å². The molecule has 0 spiro atoms. The van der Waals surface area contributed by atoms with Crippen molar-refractivity contribution < 1.29 is 19.4 Å². The lowest BCUT2D eigenvalue weighted by molar-refractivity contribution is -0.144. The van der Waals surface area contributed by atoms with Gasteiger partial charge in [0.15, 0.2) is 0 Å². The zero-order valence-corrected chi connectivity index (χ0v) is 16.2. The van der Waals surface area contributed by atoms with E-state index in [1.54, 1.807) is 4.90 Å². The van der Waals surface area contributed by atoms with Gasteiger partial charge in [-0.3, -0.25) is 14.6 Å². The first-order valence-corrected chi connectivity index (χ1v) is 9.25. The highest BCUT2D eigenvalue weighted by Gasteiger charge is 2.38. The highest BCUT2D eigenvalue weighted by atomic mass is 16.6. The number of carbonyl (C=O) groups is 2. The summed E-state index contributed by atoms with van der Waals surface area (Å²) < 4.78 is 5.46. The van der Waals surface area contributed by atoms with Crippen LogP contribution in [0.2, 0.25) is 0 Å². The molecule has 7 nitrogen and oxygen atoms in total. The number of ether oxygens (including phenoxy) is 1. The smallest absolute Gasteiger partial charge is 0.410 e. The van der Waals surface area contributed by atoms with Crippen molar-refractivity contribution in [3.63, 3.8) is 0 Å². The third-order valence-electron chi connectivity index (χ3n) is 5.02. The Bertz CT molecular complexity index is 481. The van der Waals surface area contributed by atoms with Crippen LogP contribution in [0.5, 0.6) is 0 Å². The van der Waals surface area contributed by atoms with Crippen molar-refractivity contribution in [2.75, 3.05) is 39.3 Å². The normalized spacial score (nSPS) is 26.7. The number of rotatable bonds is 3. The average Bonchev–Trinajstić information content (AvgIpc) is 2.52. The summed E-state index contributed by atoms with van der Waals surface area (Å²) >= 11 is 0. The first-order valence-electron chi connectivity index (χ1n) is 9.25.